The van der Waals surface area contributed by atoms with Crippen molar-refractivity contribution in [2.75, 3.05) is 0 Å². The maximum Gasteiger partial charge on any atom is 0.244 e. The maximum absolute atomic E-state index is 12.8. The van der Waals surface area contributed by atoms with Crippen molar-refractivity contribution >= 4 is 21.6 Å². The molecule has 0 saturated carbocycles. The highest BCUT2D eigenvalue weighted by molar-refractivity contribution is 7.89. The molecule has 114 valence electrons. The third-order valence-corrected chi connectivity index (χ3v) is 6.00. The molecule has 0 bridgehead atoms. The molecule has 1 saturated heterocycles. The fourth-order valence-electron chi connectivity index (χ4n) is 2.61. The Morgan fingerprint density at radius 3 is 2.23 bits per heavy atom. The predicted molar refractivity (Wildman–Crippen MR) is 88.4 cm³/mol. The second-order valence-electron chi connectivity index (χ2n) is 5.37. The number of nitrogens with zero attached hydrogens (tertiary/aromatic N) is 1. The lowest BCUT2D eigenvalue weighted by Gasteiger charge is -2.07. The Hall–Kier alpha value is -1.62. The van der Waals surface area contributed by atoms with Gasteiger partial charge in [-0.1, -0.05) is 47.5 Å². The fraction of sp³-hybridized carbons (Fsp3) is 0.176. The van der Waals surface area contributed by atoms with E-state index in [4.69, 9.17) is 11.6 Å². The summed E-state index contributed by atoms with van der Waals surface area (Å²) >= 11 is 5.89. The second-order valence-corrected chi connectivity index (χ2v) is 7.65. The van der Waals surface area contributed by atoms with Crippen molar-refractivity contribution in [2.24, 2.45) is 0 Å². The summed E-state index contributed by atoms with van der Waals surface area (Å²) in [6.07, 6.45) is 1.67. The molecule has 5 heteroatoms. The van der Waals surface area contributed by atoms with Gasteiger partial charge in [-0.15, -0.1) is 6.58 Å². The van der Waals surface area contributed by atoms with Crippen LogP contribution in [0.5, 0.6) is 0 Å². The van der Waals surface area contributed by atoms with E-state index in [1.54, 1.807) is 42.5 Å². The zero-order chi connectivity index (χ0) is 15.9. The number of benzene rings is 2. The Bertz CT molecular complexity index is 798. The Morgan fingerprint density at radius 1 is 1.09 bits per heavy atom. The standard InChI is InChI=1S/C17H16ClNO2S/c1-3-16-17(13-6-8-14(18)9-7-13)19(16)22(20,21)15-10-4-12(2)5-11-15/h3-11,16-17H,1H2,2H3/t16-,17-,19?/m0/s1. The largest absolute Gasteiger partial charge is 0.244 e. The van der Waals surface area contributed by atoms with E-state index in [0.717, 1.165) is 11.1 Å². The van der Waals surface area contributed by atoms with Crippen LogP contribution in [-0.4, -0.2) is 18.8 Å². The molecule has 0 N–H and O–H groups in total. The summed E-state index contributed by atoms with van der Waals surface area (Å²) in [6.45, 7) is 5.68. The molecule has 2 aromatic rings. The van der Waals surface area contributed by atoms with Gasteiger partial charge in [-0.05, 0) is 36.8 Å². The first-order valence-electron chi connectivity index (χ1n) is 6.93. The van der Waals surface area contributed by atoms with E-state index in [1.807, 2.05) is 19.1 Å². The van der Waals surface area contributed by atoms with Crippen LogP contribution < -0.4 is 0 Å². The van der Waals surface area contributed by atoms with Crippen LogP contribution in [0.25, 0.3) is 0 Å². The van der Waals surface area contributed by atoms with Crippen LogP contribution in [0.3, 0.4) is 0 Å². The van der Waals surface area contributed by atoms with Crippen LogP contribution >= 0.6 is 11.6 Å². The van der Waals surface area contributed by atoms with Crippen LogP contribution in [0.2, 0.25) is 5.02 Å². The topological polar surface area (TPSA) is 37.1 Å². The van der Waals surface area contributed by atoms with Crippen LogP contribution in [0.15, 0.2) is 66.1 Å². The van der Waals surface area contributed by atoms with Crippen LogP contribution in [0, 0.1) is 6.92 Å². The first kappa shape index (κ1) is 15.3. The highest BCUT2D eigenvalue weighted by Gasteiger charge is 2.54. The van der Waals surface area contributed by atoms with Gasteiger partial charge in [-0.25, -0.2) is 8.42 Å². The summed E-state index contributed by atoms with van der Waals surface area (Å²) in [5.41, 5.74) is 1.95. The molecule has 3 nitrogen and oxygen atoms in total. The van der Waals surface area contributed by atoms with Gasteiger partial charge in [0.05, 0.1) is 17.0 Å². The summed E-state index contributed by atoms with van der Waals surface area (Å²) < 4.78 is 27.0. The molecule has 2 aromatic carbocycles. The quantitative estimate of drug-likeness (QED) is 0.627. The van der Waals surface area contributed by atoms with Gasteiger partial charge in [0.1, 0.15) is 0 Å². The molecule has 1 aliphatic rings. The number of hydrogen-bond donors (Lipinski definition) is 0. The molecular weight excluding hydrogens is 318 g/mol. The van der Waals surface area contributed by atoms with Crippen molar-refractivity contribution in [1.29, 1.82) is 0 Å². The molecule has 1 aliphatic heterocycles. The Labute approximate surface area is 135 Å². The van der Waals surface area contributed by atoms with E-state index in [1.165, 1.54) is 4.31 Å². The van der Waals surface area contributed by atoms with Crippen molar-refractivity contribution < 1.29 is 8.42 Å². The number of hydrogen-bond acceptors (Lipinski definition) is 2. The third kappa shape index (κ3) is 2.58. The van der Waals surface area contributed by atoms with Crippen LogP contribution in [-0.2, 0) is 10.0 Å². The second kappa shape index (κ2) is 5.54. The average Bonchev–Trinajstić information content (AvgIpc) is 3.24. The monoisotopic (exact) mass is 333 g/mol. The number of halogens is 1. The Kier molecular flexibility index (Phi) is 3.85. The van der Waals surface area contributed by atoms with Crippen molar-refractivity contribution in [3.05, 3.63) is 77.3 Å². The molecule has 3 rings (SSSR count). The van der Waals surface area contributed by atoms with Gasteiger partial charge in [0, 0.05) is 5.02 Å². The highest BCUT2D eigenvalue weighted by Crippen LogP contribution is 2.48. The molecule has 0 spiro atoms. The van der Waals surface area contributed by atoms with E-state index in [-0.39, 0.29) is 12.1 Å². The number of rotatable bonds is 4. The molecule has 0 aliphatic carbocycles. The lowest BCUT2D eigenvalue weighted by atomic mass is 10.1. The van der Waals surface area contributed by atoms with Crippen molar-refractivity contribution in [3.63, 3.8) is 0 Å². The first-order chi connectivity index (χ1) is 10.4. The van der Waals surface area contributed by atoms with E-state index in [0.29, 0.717) is 9.92 Å². The van der Waals surface area contributed by atoms with Gasteiger partial charge in [0.25, 0.3) is 0 Å². The molecule has 1 unspecified atom stereocenters. The average molecular weight is 334 g/mol. The first-order valence-corrected chi connectivity index (χ1v) is 8.75. The number of aryl methyl sites for hydroxylation is 1. The van der Waals surface area contributed by atoms with E-state index in [2.05, 4.69) is 6.58 Å². The maximum atomic E-state index is 12.8. The molecule has 0 radical (unpaired) electrons. The Balaban J connectivity index is 1.95. The van der Waals surface area contributed by atoms with E-state index in [9.17, 15) is 8.42 Å². The minimum absolute atomic E-state index is 0.207. The number of sulfonamides is 1. The minimum Gasteiger partial charge on any atom is -0.207 e. The van der Waals surface area contributed by atoms with Crippen molar-refractivity contribution in [3.8, 4) is 0 Å². The summed E-state index contributed by atoms with van der Waals surface area (Å²) in [6, 6.07) is 13.7. The van der Waals surface area contributed by atoms with Gasteiger partial charge in [0.15, 0.2) is 0 Å². The Morgan fingerprint density at radius 2 is 1.68 bits per heavy atom. The summed E-state index contributed by atoms with van der Waals surface area (Å²) in [7, 11) is -3.52. The molecule has 22 heavy (non-hydrogen) atoms. The van der Waals surface area contributed by atoms with E-state index >= 15 is 0 Å². The van der Waals surface area contributed by atoms with Gasteiger partial charge >= 0.3 is 0 Å². The molecule has 3 atom stereocenters. The molecule has 0 aromatic heterocycles. The van der Waals surface area contributed by atoms with Gasteiger partial charge < -0.3 is 0 Å². The van der Waals surface area contributed by atoms with Crippen LogP contribution in [0.1, 0.15) is 17.2 Å². The van der Waals surface area contributed by atoms with Crippen molar-refractivity contribution in [1.82, 2.24) is 4.31 Å². The highest BCUT2D eigenvalue weighted by atomic mass is 35.5. The molecule has 1 fully saturated rings. The summed E-state index contributed by atoms with van der Waals surface area (Å²) in [4.78, 5) is 0.307. The molecule has 1 heterocycles. The van der Waals surface area contributed by atoms with Crippen LogP contribution in [0.4, 0.5) is 0 Å². The normalized spacial score (nSPS) is 24.0. The molecule has 0 amide bonds. The summed E-state index contributed by atoms with van der Waals surface area (Å²) in [5.74, 6) is 0. The van der Waals surface area contributed by atoms with Gasteiger partial charge in [-0.3, -0.25) is 0 Å². The molecular formula is C17H16ClNO2S. The van der Waals surface area contributed by atoms with Gasteiger partial charge in [0.2, 0.25) is 10.0 Å². The lowest BCUT2D eigenvalue weighted by Crippen LogP contribution is -2.14. The van der Waals surface area contributed by atoms with E-state index < -0.39 is 10.0 Å². The fourth-order valence-corrected chi connectivity index (χ4v) is 4.47. The third-order valence-electron chi connectivity index (χ3n) is 3.85. The SMILES string of the molecule is C=C[C@H]1[C@H](c2ccc(Cl)cc2)N1S(=O)(=O)c1ccc(C)cc1. The zero-order valence-corrected chi connectivity index (χ0v) is 13.7. The minimum atomic E-state index is -3.52. The lowest BCUT2D eigenvalue weighted by molar-refractivity contribution is 0.550. The summed E-state index contributed by atoms with van der Waals surface area (Å²) in [5, 5.41) is 0.632. The van der Waals surface area contributed by atoms with Gasteiger partial charge in [-0.2, -0.15) is 4.31 Å². The zero-order valence-electron chi connectivity index (χ0n) is 12.1. The predicted octanol–water partition coefficient (Wildman–Crippen LogP) is 3.95. The van der Waals surface area contributed by atoms with Crippen molar-refractivity contribution in [2.45, 2.75) is 23.9 Å². The smallest absolute Gasteiger partial charge is 0.207 e.